The highest BCUT2D eigenvalue weighted by molar-refractivity contribution is 5.17. The van der Waals surface area contributed by atoms with Gasteiger partial charge < -0.3 is 5.11 Å². The van der Waals surface area contributed by atoms with Crippen molar-refractivity contribution >= 4 is 0 Å². The maximum absolute atomic E-state index is 12.6. The van der Waals surface area contributed by atoms with Crippen molar-refractivity contribution < 1.29 is 9.50 Å². The molecule has 1 atom stereocenters. The molecule has 0 saturated heterocycles. The zero-order valence-corrected chi connectivity index (χ0v) is 8.33. The van der Waals surface area contributed by atoms with E-state index in [1.54, 1.807) is 12.1 Å². The third kappa shape index (κ3) is 3.71. The number of hydrogen-bond acceptors (Lipinski definition) is 1. The minimum absolute atomic E-state index is 0.247. The lowest BCUT2D eigenvalue weighted by Gasteiger charge is -2.09. The van der Waals surface area contributed by atoms with Gasteiger partial charge >= 0.3 is 0 Å². The summed E-state index contributed by atoms with van der Waals surface area (Å²) in [6, 6.07) is 6.19. The minimum Gasteiger partial charge on any atom is -0.392 e. The van der Waals surface area contributed by atoms with Crippen LogP contribution < -0.4 is 0 Å². The van der Waals surface area contributed by atoms with E-state index in [4.69, 9.17) is 0 Å². The number of hydrogen-bond donors (Lipinski definition) is 1. The monoisotopic (exact) mass is 194 g/mol. The summed E-state index contributed by atoms with van der Waals surface area (Å²) in [4.78, 5) is 0. The lowest BCUT2D eigenvalue weighted by atomic mass is 10.0. The normalized spacial score (nSPS) is 12.5. The summed E-state index contributed by atoms with van der Waals surface area (Å²) in [7, 11) is 0. The molecule has 0 saturated carbocycles. The van der Waals surface area contributed by atoms with E-state index >= 15 is 0 Å². The van der Waals surface area contributed by atoms with Crippen LogP contribution in [0.15, 0.2) is 36.4 Å². The first-order valence-corrected chi connectivity index (χ1v) is 4.65. The third-order valence-corrected chi connectivity index (χ3v) is 1.97. The maximum atomic E-state index is 12.6. The molecule has 0 aliphatic heterocycles. The summed E-state index contributed by atoms with van der Waals surface area (Å²) in [5, 5.41) is 9.59. The van der Waals surface area contributed by atoms with Gasteiger partial charge in [-0.05, 0) is 37.5 Å². The van der Waals surface area contributed by atoms with E-state index in [9.17, 15) is 9.50 Å². The van der Waals surface area contributed by atoms with Gasteiger partial charge in [0.1, 0.15) is 5.82 Å². The average molecular weight is 194 g/mol. The van der Waals surface area contributed by atoms with Crippen molar-refractivity contribution in [2.45, 2.75) is 25.9 Å². The highest BCUT2D eigenvalue weighted by atomic mass is 19.1. The Hall–Kier alpha value is -1.15. The van der Waals surface area contributed by atoms with Gasteiger partial charge in [0, 0.05) is 0 Å². The summed E-state index contributed by atoms with van der Waals surface area (Å²) >= 11 is 0. The molecule has 0 bridgehead atoms. The van der Waals surface area contributed by atoms with Crippen molar-refractivity contribution in [2.24, 2.45) is 0 Å². The molecule has 1 N–H and O–H groups in total. The van der Waals surface area contributed by atoms with Crippen LogP contribution >= 0.6 is 0 Å². The molecule has 0 radical (unpaired) electrons. The molecule has 1 unspecified atom stereocenters. The maximum Gasteiger partial charge on any atom is 0.123 e. The second-order valence-corrected chi connectivity index (χ2v) is 3.65. The first-order valence-electron chi connectivity index (χ1n) is 4.65. The van der Waals surface area contributed by atoms with Gasteiger partial charge in [-0.25, -0.2) is 4.39 Å². The van der Waals surface area contributed by atoms with Crippen LogP contribution in [0.2, 0.25) is 0 Å². The van der Waals surface area contributed by atoms with Crippen LogP contribution in [0, 0.1) is 5.82 Å². The Labute approximate surface area is 83.9 Å². The van der Waals surface area contributed by atoms with E-state index in [1.807, 2.05) is 6.92 Å². The Balaban J connectivity index is 2.51. The number of benzene rings is 1. The molecular weight excluding hydrogens is 179 g/mol. The predicted molar refractivity (Wildman–Crippen MR) is 55.5 cm³/mol. The highest BCUT2D eigenvalue weighted by Crippen LogP contribution is 2.10. The lowest BCUT2D eigenvalue weighted by Crippen LogP contribution is -2.10. The Bertz CT molecular complexity index is 303. The van der Waals surface area contributed by atoms with E-state index in [0.29, 0.717) is 12.8 Å². The zero-order valence-electron chi connectivity index (χ0n) is 8.33. The quantitative estimate of drug-likeness (QED) is 0.731. The Morgan fingerprint density at radius 3 is 2.50 bits per heavy atom. The molecule has 2 heteroatoms. The van der Waals surface area contributed by atoms with Crippen LogP contribution in [0.1, 0.15) is 18.9 Å². The van der Waals surface area contributed by atoms with Gasteiger partial charge in [0.25, 0.3) is 0 Å². The van der Waals surface area contributed by atoms with Crippen LogP contribution in [-0.2, 0) is 6.42 Å². The summed E-state index contributed by atoms with van der Waals surface area (Å²) in [6.45, 7) is 5.61. The SMILES string of the molecule is C=C(C)CC(O)Cc1ccc(F)cc1. The first-order chi connectivity index (χ1) is 6.58. The van der Waals surface area contributed by atoms with Gasteiger partial charge in [0.05, 0.1) is 6.10 Å². The molecule has 0 spiro atoms. The fourth-order valence-corrected chi connectivity index (χ4v) is 1.37. The van der Waals surface area contributed by atoms with E-state index in [1.165, 1.54) is 12.1 Å². The van der Waals surface area contributed by atoms with Gasteiger partial charge in [-0.1, -0.05) is 17.7 Å². The number of aliphatic hydroxyl groups is 1. The summed E-state index contributed by atoms with van der Waals surface area (Å²) in [6.07, 6.45) is 0.725. The van der Waals surface area contributed by atoms with Crippen molar-refractivity contribution in [3.05, 3.63) is 47.8 Å². The Morgan fingerprint density at radius 1 is 1.43 bits per heavy atom. The largest absolute Gasteiger partial charge is 0.392 e. The van der Waals surface area contributed by atoms with Crippen LogP contribution in [0.25, 0.3) is 0 Å². The van der Waals surface area contributed by atoms with Crippen LogP contribution in [0.3, 0.4) is 0 Å². The molecular formula is C12H15FO. The molecule has 1 rings (SSSR count). The number of aliphatic hydroxyl groups excluding tert-OH is 1. The van der Waals surface area contributed by atoms with Crippen LogP contribution in [0.5, 0.6) is 0 Å². The molecule has 0 heterocycles. The third-order valence-electron chi connectivity index (χ3n) is 1.97. The van der Waals surface area contributed by atoms with Crippen LogP contribution in [0.4, 0.5) is 4.39 Å². The first kappa shape index (κ1) is 10.9. The summed E-state index contributed by atoms with van der Waals surface area (Å²) < 4.78 is 12.6. The molecule has 0 aliphatic carbocycles. The average Bonchev–Trinajstić information content (AvgIpc) is 2.07. The molecule has 0 aliphatic rings. The lowest BCUT2D eigenvalue weighted by molar-refractivity contribution is 0.175. The molecule has 1 nitrogen and oxygen atoms in total. The van der Waals surface area contributed by atoms with Gasteiger partial charge in [0.2, 0.25) is 0 Å². The molecule has 14 heavy (non-hydrogen) atoms. The van der Waals surface area contributed by atoms with Crippen molar-refractivity contribution in [3.8, 4) is 0 Å². The molecule has 76 valence electrons. The Morgan fingerprint density at radius 2 is 2.00 bits per heavy atom. The van der Waals surface area contributed by atoms with Crippen molar-refractivity contribution in [1.29, 1.82) is 0 Å². The zero-order chi connectivity index (χ0) is 10.6. The molecule has 1 aromatic rings. The fourth-order valence-electron chi connectivity index (χ4n) is 1.37. The van der Waals surface area contributed by atoms with E-state index in [-0.39, 0.29) is 5.82 Å². The van der Waals surface area contributed by atoms with Crippen LogP contribution in [-0.4, -0.2) is 11.2 Å². The topological polar surface area (TPSA) is 20.2 Å². The summed E-state index contributed by atoms with van der Waals surface area (Å²) in [5.74, 6) is -0.247. The van der Waals surface area contributed by atoms with Crippen molar-refractivity contribution in [1.82, 2.24) is 0 Å². The van der Waals surface area contributed by atoms with E-state index in [0.717, 1.165) is 11.1 Å². The highest BCUT2D eigenvalue weighted by Gasteiger charge is 2.05. The summed E-state index contributed by atoms with van der Waals surface area (Å²) in [5.41, 5.74) is 1.90. The molecule has 0 fully saturated rings. The minimum atomic E-state index is -0.419. The molecule has 0 aromatic heterocycles. The molecule has 1 aromatic carbocycles. The van der Waals surface area contributed by atoms with Gasteiger partial charge in [0.15, 0.2) is 0 Å². The Kier molecular flexibility index (Phi) is 3.84. The smallest absolute Gasteiger partial charge is 0.123 e. The van der Waals surface area contributed by atoms with E-state index in [2.05, 4.69) is 6.58 Å². The fraction of sp³-hybridized carbons (Fsp3) is 0.333. The second-order valence-electron chi connectivity index (χ2n) is 3.65. The second kappa shape index (κ2) is 4.91. The molecule has 0 amide bonds. The number of halogens is 1. The number of rotatable bonds is 4. The van der Waals surface area contributed by atoms with E-state index < -0.39 is 6.10 Å². The predicted octanol–water partition coefficient (Wildman–Crippen LogP) is 2.70. The van der Waals surface area contributed by atoms with Crippen molar-refractivity contribution in [3.63, 3.8) is 0 Å². The van der Waals surface area contributed by atoms with Gasteiger partial charge in [-0.15, -0.1) is 6.58 Å². The van der Waals surface area contributed by atoms with Gasteiger partial charge in [-0.2, -0.15) is 0 Å². The standard InChI is InChI=1S/C12H15FO/c1-9(2)7-12(14)8-10-3-5-11(13)6-4-10/h3-6,12,14H,1,7-8H2,2H3. The van der Waals surface area contributed by atoms with Crippen molar-refractivity contribution in [2.75, 3.05) is 0 Å². The van der Waals surface area contributed by atoms with Gasteiger partial charge in [-0.3, -0.25) is 0 Å².